The lowest BCUT2D eigenvalue weighted by molar-refractivity contribution is -0.137. The molecule has 1 aromatic rings. The number of phenols is 1. The van der Waals surface area contributed by atoms with E-state index in [9.17, 15) is 9.90 Å². The Labute approximate surface area is 98.9 Å². The van der Waals surface area contributed by atoms with Crippen LogP contribution >= 0.6 is 0 Å². The summed E-state index contributed by atoms with van der Waals surface area (Å²) in [5.74, 6) is -0.811. The van der Waals surface area contributed by atoms with Crippen LogP contribution in [0.5, 0.6) is 11.5 Å². The van der Waals surface area contributed by atoms with Gasteiger partial charge in [0.1, 0.15) is 6.07 Å². The van der Waals surface area contributed by atoms with Crippen LogP contribution in [-0.4, -0.2) is 23.3 Å². The van der Waals surface area contributed by atoms with Crippen LogP contribution < -0.4 is 4.74 Å². The van der Waals surface area contributed by atoms with Gasteiger partial charge in [0.2, 0.25) is 0 Å². The molecule has 1 rings (SSSR count). The molecule has 1 aromatic carbocycles. The highest BCUT2D eigenvalue weighted by molar-refractivity contribution is 5.66. The zero-order chi connectivity index (χ0) is 12.8. The molecular formula is C12H13NO4. The summed E-state index contributed by atoms with van der Waals surface area (Å²) in [6.07, 6.45) is 1.03. The minimum absolute atomic E-state index is 0.0642. The van der Waals surface area contributed by atoms with Gasteiger partial charge in [-0.2, -0.15) is 5.26 Å². The van der Waals surface area contributed by atoms with Crippen LogP contribution in [0.25, 0.3) is 0 Å². The van der Waals surface area contributed by atoms with Crippen molar-refractivity contribution in [2.75, 3.05) is 7.11 Å². The van der Waals surface area contributed by atoms with Gasteiger partial charge in [0, 0.05) is 6.42 Å². The molecule has 0 atom stereocenters. The van der Waals surface area contributed by atoms with Crippen LogP contribution in [0, 0.1) is 11.3 Å². The lowest BCUT2D eigenvalue weighted by Gasteiger charge is -2.08. The third kappa shape index (κ3) is 3.38. The smallest absolute Gasteiger partial charge is 0.303 e. The molecule has 0 spiro atoms. The fourth-order valence-corrected chi connectivity index (χ4v) is 1.56. The Hall–Kier alpha value is -2.22. The summed E-state index contributed by atoms with van der Waals surface area (Å²) < 4.78 is 4.90. The van der Waals surface area contributed by atoms with Crippen molar-refractivity contribution in [1.82, 2.24) is 0 Å². The van der Waals surface area contributed by atoms with Crippen LogP contribution in [0.15, 0.2) is 12.1 Å². The molecular weight excluding hydrogens is 222 g/mol. The number of nitrogens with zero attached hydrogens (tertiary/aromatic N) is 1. The molecule has 90 valence electrons. The quantitative estimate of drug-likeness (QED) is 0.810. The Morgan fingerprint density at radius 3 is 2.76 bits per heavy atom. The second-order valence-corrected chi connectivity index (χ2v) is 3.55. The Morgan fingerprint density at radius 2 is 2.24 bits per heavy atom. The average molecular weight is 235 g/mol. The van der Waals surface area contributed by atoms with Crippen molar-refractivity contribution in [3.05, 3.63) is 23.3 Å². The minimum atomic E-state index is -0.858. The third-order valence-electron chi connectivity index (χ3n) is 2.31. The molecule has 0 saturated heterocycles. The largest absolute Gasteiger partial charge is 0.504 e. The predicted molar refractivity (Wildman–Crippen MR) is 59.9 cm³/mol. The van der Waals surface area contributed by atoms with Gasteiger partial charge in [-0.1, -0.05) is 0 Å². The Bertz CT molecular complexity index is 462. The number of hydrogen-bond donors (Lipinski definition) is 2. The van der Waals surface area contributed by atoms with Crippen molar-refractivity contribution in [3.8, 4) is 17.6 Å². The first-order valence-corrected chi connectivity index (χ1v) is 5.10. The molecule has 0 bridgehead atoms. The normalized spacial score (nSPS) is 9.65. The summed E-state index contributed by atoms with van der Waals surface area (Å²) in [6, 6.07) is 5.01. The van der Waals surface area contributed by atoms with E-state index in [0.717, 1.165) is 5.56 Å². The number of methoxy groups -OCH3 is 1. The molecule has 2 N–H and O–H groups in total. The second-order valence-electron chi connectivity index (χ2n) is 3.55. The Balaban J connectivity index is 2.85. The molecule has 0 amide bonds. The van der Waals surface area contributed by atoms with Gasteiger partial charge in [-0.15, -0.1) is 0 Å². The van der Waals surface area contributed by atoms with Gasteiger partial charge in [-0.25, -0.2) is 0 Å². The molecule has 0 aliphatic carbocycles. The maximum absolute atomic E-state index is 10.4. The number of carboxylic acids is 1. The van der Waals surface area contributed by atoms with Gasteiger partial charge >= 0.3 is 5.97 Å². The topological polar surface area (TPSA) is 90.6 Å². The number of carbonyl (C=O) groups is 1. The van der Waals surface area contributed by atoms with E-state index in [1.807, 2.05) is 6.07 Å². The van der Waals surface area contributed by atoms with E-state index in [1.54, 1.807) is 6.07 Å². The summed E-state index contributed by atoms with van der Waals surface area (Å²) in [5, 5.41) is 27.0. The minimum Gasteiger partial charge on any atom is -0.504 e. The van der Waals surface area contributed by atoms with Gasteiger partial charge in [-0.3, -0.25) is 4.79 Å². The first kappa shape index (κ1) is 12.8. The average Bonchev–Trinajstić information content (AvgIpc) is 2.27. The zero-order valence-electron chi connectivity index (χ0n) is 9.43. The van der Waals surface area contributed by atoms with Gasteiger partial charge in [0.15, 0.2) is 11.5 Å². The number of rotatable bonds is 5. The lowest BCUT2D eigenvalue weighted by atomic mass is 10.0. The highest BCUT2D eigenvalue weighted by atomic mass is 16.5. The van der Waals surface area contributed by atoms with Crippen LogP contribution in [0.4, 0.5) is 0 Å². The van der Waals surface area contributed by atoms with E-state index >= 15 is 0 Å². The van der Waals surface area contributed by atoms with Crippen LogP contribution in [0.3, 0.4) is 0 Å². The summed E-state index contributed by atoms with van der Waals surface area (Å²) in [6.45, 7) is 0. The van der Waals surface area contributed by atoms with Crippen molar-refractivity contribution < 1.29 is 19.7 Å². The molecule has 5 nitrogen and oxygen atoms in total. The lowest BCUT2D eigenvalue weighted by Crippen LogP contribution is -1.97. The molecule has 0 unspecified atom stereocenters. The maximum Gasteiger partial charge on any atom is 0.303 e. The van der Waals surface area contributed by atoms with Gasteiger partial charge in [0.25, 0.3) is 0 Å². The molecule has 17 heavy (non-hydrogen) atoms. The number of benzene rings is 1. The molecule has 0 aliphatic heterocycles. The number of carboxylic acid groups (broad SMARTS) is 1. The molecule has 0 fully saturated rings. The molecule has 0 radical (unpaired) electrons. The van der Waals surface area contributed by atoms with Crippen molar-refractivity contribution in [1.29, 1.82) is 5.26 Å². The monoisotopic (exact) mass is 235 g/mol. The standard InChI is InChI=1S/C12H13NO4/c1-17-12-9(7-13)5-8(6-10(12)14)3-2-4-11(15)16/h5-6,14H,2-4H2,1H3,(H,15,16). The number of ether oxygens (including phenoxy) is 1. The van der Waals surface area contributed by atoms with Gasteiger partial charge in [0.05, 0.1) is 12.7 Å². The Morgan fingerprint density at radius 1 is 1.53 bits per heavy atom. The van der Waals surface area contributed by atoms with Crippen LogP contribution in [-0.2, 0) is 11.2 Å². The van der Waals surface area contributed by atoms with Crippen LogP contribution in [0.1, 0.15) is 24.0 Å². The summed E-state index contributed by atoms with van der Waals surface area (Å²) in [4.78, 5) is 10.4. The van der Waals surface area contributed by atoms with E-state index in [4.69, 9.17) is 15.1 Å². The zero-order valence-corrected chi connectivity index (χ0v) is 9.43. The van der Waals surface area contributed by atoms with Crippen molar-refractivity contribution >= 4 is 5.97 Å². The SMILES string of the molecule is COc1c(O)cc(CCCC(=O)O)cc1C#N. The van der Waals surface area contributed by atoms with Gasteiger partial charge < -0.3 is 14.9 Å². The van der Waals surface area contributed by atoms with E-state index in [0.29, 0.717) is 12.8 Å². The van der Waals surface area contributed by atoms with Crippen molar-refractivity contribution in [2.24, 2.45) is 0 Å². The fraction of sp³-hybridized carbons (Fsp3) is 0.333. The first-order valence-electron chi connectivity index (χ1n) is 5.10. The highest BCUT2D eigenvalue weighted by Crippen LogP contribution is 2.31. The molecule has 0 heterocycles. The maximum atomic E-state index is 10.4. The predicted octanol–water partition coefficient (Wildman–Crippen LogP) is 1.68. The number of hydrogen-bond acceptors (Lipinski definition) is 4. The second kappa shape index (κ2) is 5.75. The molecule has 0 saturated carbocycles. The van der Waals surface area contributed by atoms with E-state index in [1.165, 1.54) is 13.2 Å². The van der Waals surface area contributed by atoms with Crippen LogP contribution in [0.2, 0.25) is 0 Å². The number of aliphatic carboxylic acids is 1. The van der Waals surface area contributed by atoms with E-state index < -0.39 is 5.97 Å². The number of phenolic OH excluding ortho intramolecular Hbond substituents is 1. The highest BCUT2D eigenvalue weighted by Gasteiger charge is 2.10. The number of aryl methyl sites for hydroxylation is 1. The fourth-order valence-electron chi connectivity index (χ4n) is 1.56. The first-order chi connectivity index (χ1) is 8.08. The molecule has 0 aromatic heterocycles. The van der Waals surface area contributed by atoms with E-state index in [2.05, 4.69) is 0 Å². The van der Waals surface area contributed by atoms with Crippen molar-refractivity contribution in [3.63, 3.8) is 0 Å². The molecule has 5 heteroatoms. The number of nitriles is 1. The van der Waals surface area contributed by atoms with E-state index in [-0.39, 0.29) is 23.5 Å². The summed E-state index contributed by atoms with van der Waals surface area (Å²) in [5.41, 5.74) is 0.971. The van der Waals surface area contributed by atoms with Gasteiger partial charge in [-0.05, 0) is 30.5 Å². The Kier molecular flexibility index (Phi) is 4.35. The van der Waals surface area contributed by atoms with Crippen molar-refractivity contribution in [2.45, 2.75) is 19.3 Å². The number of aromatic hydroxyl groups is 1. The summed E-state index contributed by atoms with van der Waals surface area (Å²) in [7, 11) is 1.37. The molecule has 0 aliphatic rings. The third-order valence-corrected chi connectivity index (χ3v) is 2.31. The summed E-state index contributed by atoms with van der Waals surface area (Å²) >= 11 is 0.